The number of hydrogen-bond donors (Lipinski definition) is 2. The Morgan fingerprint density at radius 3 is 2.65 bits per heavy atom. The minimum atomic E-state index is -0.225. The molecule has 102 valence electrons. The Labute approximate surface area is 123 Å². The first-order chi connectivity index (χ1) is 9.63. The van der Waals surface area contributed by atoms with Crippen LogP contribution in [0, 0.1) is 5.82 Å². The molecule has 0 aliphatic carbocycles. The van der Waals surface area contributed by atoms with Crippen LogP contribution in [0.4, 0.5) is 4.39 Å². The van der Waals surface area contributed by atoms with E-state index in [1.807, 2.05) is 24.3 Å². The number of H-pyrrole nitrogens is 2. The Hall–Kier alpha value is -1.88. The molecule has 1 heterocycles. The van der Waals surface area contributed by atoms with Gasteiger partial charge in [-0.3, -0.25) is 0 Å². The zero-order chi connectivity index (χ0) is 14.1. The minimum Gasteiger partial charge on any atom is -0.306 e. The summed E-state index contributed by atoms with van der Waals surface area (Å²) in [5.74, 6) is -0.201. The summed E-state index contributed by atoms with van der Waals surface area (Å²) in [6, 6.07) is 12.4. The van der Waals surface area contributed by atoms with Gasteiger partial charge in [0.25, 0.3) is 0 Å². The summed E-state index contributed by atoms with van der Waals surface area (Å²) in [4.78, 5) is 16.6. The molecule has 0 spiro atoms. The number of imidazole rings is 1. The zero-order valence-electron chi connectivity index (χ0n) is 10.5. The smallest absolute Gasteiger partial charge is 0.306 e. The molecule has 1 unspecified atom stereocenters. The molecule has 20 heavy (non-hydrogen) atoms. The highest BCUT2D eigenvalue weighted by atomic mass is 79.9. The molecule has 2 aromatic carbocycles. The molecule has 0 aliphatic rings. The van der Waals surface area contributed by atoms with E-state index in [2.05, 4.69) is 25.9 Å². The van der Waals surface area contributed by atoms with E-state index in [4.69, 9.17) is 0 Å². The van der Waals surface area contributed by atoms with E-state index in [-0.39, 0.29) is 16.3 Å². The Balaban J connectivity index is 1.90. The summed E-state index contributed by atoms with van der Waals surface area (Å²) < 4.78 is 13.6. The number of rotatable bonds is 3. The lowest BCUT2D eigenvalue weighted by Gasteiger charge is -2.11. The Kier molecular flexibility index (Phi) is 3.44. The quantitative estimate of drug-likeness (QED) is 0.705. The van der Waals surface area contributed by atoms with E-state index in [1.54, 1.807) is 12.1 Å². The van der Waals surface area contributed by atoms with Crippen LogP contribution in [-0.2, 0) is 6.42 Å². The van der Waals surface area contributed by atoms with Crippen molar-refractivity contribution in [2.45, 2.75) is 11.2 Å². The number of alkyl halides is 1. The number of nitrogens with one attached hydrogen (secondary N) is 2. The maximum absolute atomic E-state index is 13.6. The fourth-order valence-corrected chi connectivity index (χ4v) is 2.85. The van der Waals surface area contributed by atoms with E-state index in [0.717, 1.165) is 16.6 Å². The minimum absolute atomic E-state index is 0.0118. The van der Waals surface area contributed by atoms with Crippen molar-refractivity contribution in [2.24, 2.45) is 0 Å². The van der Waals surface area contributed by atoms with Gasteiger partial charge in [-0.2, -0.15) is 0 Å². The second-order valence-corrected chi connectivity index (χ2v) is 5.75. The first-order valence-corrected chi connectivity index (χ1v) is 7.14. The average Bonchev–Trinajstić information content (AvgIpc) is 2.80. The Morgan fingerprint density at radius 2 is 1.85 bits per heavy atom. The lowest BCUT2D eigenvalue weighted by atomic mass is 10.0. The van der Waals surface area contributed by atoms with Crippen molar-refractivity contribution >= 4 is 27.0 Å². The molecule has 0 saturated heterocycles. The molecule has 2 N–H and O–H groups in total. The van der Waals surface area contributed by atoms with Gasteiger partial charge in [-0.05, 0) is 35.7 Å². The van der Waals surface area contributed by atoms with Gasteiger partial charge in [0.1, 0.15) is 5.82 Å². The molecule has 0 saturated carbocycles. The lowest BCUT2D eigenvalue weighted by Crippen LogP contribution is -1.99. The van der Waals surface area contributed by atoms with Gasteiger partial charge in [-0.1, -0.05) is 40.2 Å². The number of hydrogen-bond acceptors (Lipinski definition) is 1. The average molecular weight is 335 g/mol. The van der Waals surface area contributed by atoms with Gasteiger partial charge >= 0.3 is 5.69 Å². The van der Waals surface area contributed by atoms with Crippen molar-refractivity contribution in [3.63, 3.8) is 0 Å². The monoisotopic (exact) mass is 334 g/mol. The van der Waals surface area contributed by atoms with E-state index < -0.39 is 0 Å². The van der Waals surface area contributed by atoms with Gasteiger partial charge in [0, 0.05) is 4.83 Å². The number of benzene rings is 2. The van der Waals surface area contributed by atoms with Crippen molar-refractivity contribution in [1.82, 2.24) is 9.97 Å². The van der Waals surface area contributed by atoms with E-state index >= 15 is 0 Å². The number of aromatic amines is 2. The van der Waals surface area contributed by atoms with Gasteiger partial charge in [-0.25, -0.2) is 9.18 Å². The van der Waals surface area contributed by atoms with Crippen LogP contribution in [0.5, 0.6) is 0 Å². The van der Waals surface area contributed by atoms with E-state index in [9.17, 15) is 9.18 Å². The van der Waals surface area contributed by atoms with Crippen LogP contribution in [0.15, 0.2) is 47.3 Å². The molecule has 0 bridgehead atoms. The van der Waals surface area contributed by atoms with Gasteiger partial charge in [0.15, 0.2) is 0 Å². The van der Waals surface area contributed by atoms with Crippen molar-refractivity contribution in [3.8, 4) is 0 Å². The molecule has 5 heteroatoms. The molecule has 0 fully saturated rings. The fourth-order valence-electron chi connectivity index (χ4n) is 2.22. The normalized spacial score (nSPS) is 12.7. The maximum Gasteiger partial charge on any atom is 0.323 e. The summed E-state index contributed by atoms with van der Waals surface area (Å²) in [6.45, 7) is 0. The highest BCUT2D eigenvalue weighted by molar-refractivity contribution is 9.09. The highest BCUT2D eigenvalue weighted by Gasteiger charge is 2.12. The van der Waals surface area contributed by atoms with Crippen LogP contribution >= 0.6 is 15.9 Å². The Morgan fingerprint density at radius 1 is 1.10 bits per heavy atom. The molecular weight excluding hydrogens is 323 g/mol. The number of aromatic nitrogens is 2. The topological polar surface area (TPSA) is 48.6 Å². The molecule has 1 aromatic heterocycles. The SMILES string of the molecule is O=c1[nH]c2ccc(C(Br)Cc3ccccc3F)cc2[nH]1. The predicted molar refractivity (Wildman–Crippen MR) is 80.7 cm³/mol. The summed E-state index contributed by atoms with van der Waals surface area (Å²) in [7, 11) is 0. The highest BCUT2D eigenvalue weighted by Crippen LogP contribution is 2.29. The number of fused-ring (bicyclic) bond motifs is 1. The first kappa shape index (κ1) is 13.1. The molecule has 0 radical (unpaired) electrons. The second-order valence-electron chi connectivity index (χ2n) is 4.65. The van der Waals surface area contributed by atoms with Crippen LogP contribution in [0.3, 0.4) is 0 Å². The largest absolute Gasteiger partial charge is 0.323 e. The van der Waals surface area contributed by atoms with Crippen molar-refractivity contribution in [2.75, 3.05) is 0 Å². The summed E-state index contributed by atoms with van der Waals surface area (Å²) in [6.07, 6.45) is 0.548. The zero-order valence-corrected chi connectivity index (χ0v) is 12.1. The predicted octanol–water partition coefficient (Wildman–Crippen LogP) is 3.67. The lowest BCUT2D eigenvalue weighted by molar-refractivity contribution is 0.608. The van der Waals surface area contributed by atoms with Gasteiger partial charge in [0.2, 0.25) is 0 Å². The van der Waals surface area contributed by atoms with Crippen LogP contribution < -0.4 is 5.69 Å². The molecule has 3 rings (SSSR count). The first-order valence-electron chi connectivity index (χ1n) is 6.23. The molecule has 3 nitrogen and oxygen atoms in total. The summed E-state index contributed by atoms with van der Waals surface area (Å²) in [5, 5.41) is 0. The summed E-state index contributed by atoms with van der Waals surface area (Å²) >= 11 is 3.58. The Bertz CT molecular complexity index is 809. The summed E-state index contributed by atoms with van der Waals surface area (Å²) in [5.41, 5.74) is 2.96. The molecule has 3 aromatic rings. The van der Waals surface area contributed by atoms with Crippen molar-refractivity contribution < 1.29 is 4.39 Å². The van der Waals surface area contributed by atoms with E-state index in [1.165, 1.54) is 6.07 Å². The van der Waals surface area contributed by atoms with Crippen LogP contribution in [-0.4, -0.2) is 9.97 Å². The third kappa shape index (κ3) is 2.54. The molecule has 0 amide bonds. The van der Waals surface area contributed by atoms with Crippen LogP contribution in [0.1, 0.15) is 16.0 Å². The van der Waals surface area contributed by atoms with Crippen LogP contribution in [0.25, 0.3) is 11.0 Å². The fraction of sp³-hybridized carbons (Fsp3) is 0.133. The third-order valence-corrected chi connectivity index (χ3v) is 4.11. The van der Waals surface area contributed by atoms with Gasteiger partial charge < -0.3 is 9.97 Å². The second kappa shape index (κ2) is 5.25. The maximum atomic E-state index is 13.6. The van der Waals surface area contributed by atoms with E-state index in [0.29, 0.717) is 12.0 Å². The number of halogens is 2. The molecular formula is C15H12BrFN2O. The van der Waals surface area contributed by atoms with Gasteiger partial charge in [0.05, 0.1) is 11.0 Å². The molecule has 1 atom stereocenters. The van der Waals surface area contributed by atoms with Crippen molar-refractivity contribution in [3.05, 3.63) is 69.9 Å². The third-order valence-electron chi connectivity index (χ3n) is 3.26. The van der Waals surface area contributed by atoms with Crippen LogP contribution in [0.2, 0.25) is 0 Å². The van der Waals surface area contributed by atoms with Gasteiger partial charge in [-0.15, -0.1) is 0 Å². The van der Waals surface area contributed by atoms with Crippen molar-refractivity contribution in [1.29, 1.82) is 0 Å². The standard InChI is InChI=1S/C15H12BrFN2O/c16-11(7-10-3-1-2-4-12(10)17)9-5-6-13-14(8-9)19-15(20)18-13/h1-6,8,11H,7H2,(H2,18,19,20). The molecule has 0 aliphatic heterocycles.